The van der Waals surface area contributed by atoms with E-state index < -0.39 is 0 Å². The first-order chi connectivity index (χ1) is 14.1. The molecule has 1 aromatic rings. The van der Waals surface area contributed by atoms with Gasteiger partial charge in [0, 0.05) is 24.5 Å². The molecule has 3 rings (SSSR count). The molecule has 2 aliphatic rings. The molecule has 0 atom stereocenters. The lowest BCUT2D eigenvalue weighted by Crippen LogP contribution is -2.48. The second-order valence-corrected chi connectivity index (χ2v) is 8.03. The molecule has 7 nitrogen and oxygen atoms in total. The van der Waals surface area contributed by atoms with Gasteiger partial charge in [0.05, 0.1) is 20.3 Å². The Labute approximate surface area is 173 Å². The zero-order valence-corrected chi connectivity index (χ0v) is 17.7. The molecule has 0 bridgehead atoms. The molecule has 1 aromatic carbocycles. The fraction of sp³-hybridized carbons (Fsp3) is 0.636. The fourth-order valence-corrected chi connectivity index (χ4v) is 4.46. The number of hydrogen-bond acceptors (Lipinski definition) is 4. The summed E-state index contributed by atoms with van der Waals surface area (Å²) in [6.45, 7) is 4.27. The predicted octanol–water partition coefficient (Wildman–Crippen LogP) is 3.03. The monoisotopic (exact) mass is 402 g/mol. The first-order valence-electron chi connectivity index (χ1n) is 10.7. The molecule has 1 heterocycles. The zero-order valence-electron chi connectivity index (χ0n) is 17.7. The van der Waals surface area contributed by atoms with Gasteiger partial charge in [-0.3, -0.25) is 4.99 Å². The van der Waals surface area contributed by atoms with Crippen molar-refractivity contribution in [2.75, 3.05) is 33.4 Å². The maximum atomic E-state index is 11.8. The summed E-state index contributed by atoms with van der Waals surface area (Å²) in [6.07, 6.45) is 6.13. The molecular formula is C22H34N4O3. The Bertz CT molecular complexity index is 708. The topological polar surface area (TPSA) is 89.2 Å². The van der Waals surface area contributed by atoms with E-state index >= 15 is 0 Å². The van der Waals surface area contributed by atoms with Crippen LogP contribution in [0.2, 0.25) is 0 Å². The van der Waals surface area contributed by atoms with E-state index in [1.54, 1.807) is 12.0 Å². The number of carbonyl (C=O) groups is 1. The number of nitrogens with one attached hydrogen (secondary N) is 1. The highest BCUT2D eigenvalue weighted by Gasteiger charge is 2.36. The van der Waals surface area contributed by atoms with Gasteiger partial charge < -0.3 is 25.4 Å². The van der Waals surface area contributed by atoms with Crippen LogP contribution in [-0.2, 0) is 10.2 Å². The van der Waals surface area contributed by atoms with Gasteiger partial charge in [-0.15, -0.1) is 0 Å². The minimum Gasteiger partial charge on any atom is -0.497 e. The number of aliphatic imine (C=N–C) groups is 1. The Balaban J connectivity index is 1.57. The van der Waals surface area contributed by atoms with Crippen molar-refractivity contribution in [2.24, 2.45) is 10.7 Å². The summed E-state index contributed by atoms with van der Waals surface area (Å²) in [5.41, 5.74) is 7.55. The SMILES string of the molecule is CCOC(=O)N1CCC(NC(N)=NCC2(c3cccc(OC)c3)CCCC2)CC1. The molecular weight excluding hydrogens is 368 g/mol. The molecule has 3 N–H and O–H groups in total. The maximum absolute atomic E-state index is 11.8. The van der Waals surface area contributed by atoms with Gasteiger partial charge in [0.1, 0.15) is 5.75 Å². The van der Waals surface area contributed by atoms with Gasteiger partial charge in [0.15, 0.2) is 5.96 Å². The molecule has 1 saturated carbocycles. The Morgan fingerprint density at radius 1 is 1.31 bits per heavy atom. The quantitative estimate of drug-likeness (QED) is 0.564. The predicted molar refractivity (Wildman–Crippen MR) is 114 cm³/mol. The highest BCUT2D eigenvalue weighted by atomic mass is 16.6. The average molecular weight is 403 g/mol. The Morgan fingerprint density at radius 3 is 2.69 bits per heavy atom. The van der Waals surface area contributed by atoms with E-state index in [-0.39, 0.29) is 17.6 Å². The third kappa shape index (κ3) is 5.34. The summed E-state index contributed by atoms with van der Waals surface area (Å²) in [4.78, 5) is 18.3. The highest BCUT2D eigenvalue weighted by molar-refractivity contribution is 5.78. The summed E-state index contributed by atoms with van der Waals surface area (Å²) in [6, 6.07) is 8.58. The number of likely N-dealkylation sites (tertiary alicyclic amines) is 1. The number of methoxy groups -OCH3 is 1. The lowest BCUT2D eigenvalue weighted by molar-refractivity contribution is 0.0963. The molecule has 0 unspecified atom stereocenters. The van der Waals surface area contributed by atoms with Gasteiger partial charge in [-0.2, -0.15) is 0 Å². The van der Waals surface area contributed by atoms with Crippen molar-refractivity contribution in [3.63, 3.8) is 0 Å². The van der Waals surface area contributed by atoms with E-state index in [9.17, 15) is 4.79 Å². The van der Waals surface area contributed by atoms with E-state index in [0.29, 0.717) is 32.2 Å². The van der Waals surface area contributed by atoms with Crippen LogP contribution < -0.4 is 15.8 Å². The first kappa shape index (κ1) is 21.3. The van der Waals surface area contributed by atoms with Crippen molar-refractivity contribution in [3.05, 3.63) is 29.8 Å². The summed E-state index contributed by atoms with van der Waals surface area (Å²) in [5.74, 6) is 1.38. The number of rotatable bonds is 6. The van der Waals surface area contributed by atoms with E-state index in [4.69, 9.17) is 20.2 Å². The van der Waals surface area contributed by atoms with Crippen molar-refractivity contribution in [1.82, 2.24) is 10.2 Å². The van der Waals surface area contributed by atoms with Crippen LogP contribution in [0.15, 0.2) is 29.3 Å². The fourth-order valence-electron chi connectivity index (χ4n) is 4.46. The van der Waals surface area contributed by atoms with Crippen LogP contribution in [0, 0.1) is 0 Å². The zero-order chi connectivity index (χ0) is 20.7. The number of amides is 1. The van der Waals surface area contributed by atoms with E-state index in [2.05, 4.69) is 23.5 Å². The molecule has 1 aliphatic heterocycles. The van der Waals surface area contributed by atoms with Crippen LogP contribution >= 0.6 is 0 Å². The van der Waals surface area contributed by atoms with E-state index in [1.165, 1.54) is 18.4 Å². The summed E-state index contributed by atoms with van der Waals surface area (Å²) in [5, 5.41) is 3.35. The molecule has 0 spiro atoms. The van der Waals surface area contributed by atoms with Gasteiger partial charge in [0.25, 0.3) is 0 Å². The van der Waals surface area contributed by atoms with Crippen molar-refractivity contribution in [3.8, 4) is 5.75 Å². The smallest absolute Gasteiger partial charge is 0.409 e. The van der Waals surface area contributed by atoms with Crippen LogP contribution in [0.25, 0.3) is 0 Å². The largest absolute Gasteiger partial charge is 0.497 e. The van der Waals surface area contributed by atoms with Crippen LogP contribution in [0.3, 0.4) is 0 Å². The second-order valence-electron chi connectivity index (χ2n) is 8.03. The number of carbonyl (C=O) groups excluding carboxylic acids is 1. The molecule has 2 fully saturated rings. The van der Waals surface area contributed by atoms with E-state index in [1.807, 2.05) is 13.0 Å². The third-order valence-corrected chi connectivity index (χ3v) is 6.17. The number of ether oxygens (including phenoxy) is 2. The molecule has 7 heteroatoms. The van der Waals surface area contributed by atoms with Crippen molar-refractivity contribution in [1.29, 1.82) is 0 Å². The minimum absolute atomic E-state index is 0.0358. The second kappa shape index (κ2) is 9.85. The van der Waals surface area contributed by atoms with E-state index in [0.717, 1.165) is 31.4 Å². The maximum Gasteiger partial charge on any atom is 0.409 e. The molecule has 1 aliphatic carbocycles. The van der Waals surface area contributed by atoms with Crippen molar-refractivity contribution >= 4 is 12.1 Å². The van der Waals surface area contributed by atoms with Gasteiger partial charge >= 0.3 is 6.09 Å². The number of benzene rings is 1. The lowest BCUT2D eigenvalue weighted by atomic mass is 9.79. The number of guanidine groups is 1. The van der Waals surface area contributed by atoms with Gasteiger partial charge in [-0.1, -0.05) is 25.0 Å². The Kier molecular flexibility index (Phi) is 7.23. The van der Waals surface area contributed by atoms with Crippen molar-refractivity contribution in [2.45, 2.75) is 56.9 Å². The molecule has 160 valence electrons. The van der Waals surface area contributed by atoms with Crippen molar-refractivity contribution < 1.29 is 14.3 Å². The Hall–Kier alpha value is -2.44. The summed E-state index contributed by atoms with van der Waals surface area (Å²) >= 11 is 0. The Morgan fingerprint density at radius 2 is 2.03 bits per heavy atom. The third-order valence-electron chi connectivity index (χ3n) is 6.17. The standard InChI is InChI=1S/C22H34N4O3/c1-3-29-21(27)26-13-9-18(10-14-26)25-20(23)24-16-22(11-4-5-12-22)17-7-6-8-19(15-17)28-2/h6-8,15,18H,3-5,9-14,16H2,1-2H3,(H3,23,24,25). The normalized spacial score (nSPS) is 19.8. The van der Waals surface area contributed by atoms with Gasteiger partial charge in [0.2, 0.25) is 0 Å². The molecule has 1 saturated heterocycles. The first-order valence-corrected chi connectivity index (χ1v) is 10.7. The number of nitrogens with two attached hydrogens (primary N) is 1. The molecule has 0 aromatic heterocycles. The van der Waals surface area contributed by atoms with Crippen LogP contribution in [-0.4, -0.2) is 56.3 Å². The van der Waals surface area contributed by atoms with Crippen LogP contribution in [0.1, 0.15) is 51.0 Å². The summed E-state index contributed by atoms with van der Waals surface area (Å²) < 4.78 is 10.5. The van der Waals surface area contributed by atoms with Gasteiger partial charge in [-0.25, -0.2) is 4.79 Å². The van der Waals surface area contributed by atoms with Gasteiger partial charge in [-0.05, 0) is 50.3 Å². The minimum atomic E-state index is -0.228. The lowest BCUT2D eigenvalue weighted by Gasteiger charge is -2.32. The van der Waals surface area contributed by atoms with Crippen LogP contribution in [0.4, 0.5) is 4.79 Å². The molecule has 29 heavy (non-hydrogen) atoms. The molecule has 0 radical (unpaired) electrons. The number of hydrogen-bond donors (Lipinski definition) is 2. The number of nitrogens with zero attached hydrogens (tertiary/aromatic N) is 2. The molecule has 1 amide bonds. The summed E-state index contributed by atoms with van der Waals surface area (Å²) in [7, 11) is 1.70. The highest BCUT2D eigenvalue weighted by Crippen LogP contribution is 2.42. The van der Waals surface area contributed by atoms with Crippen LogP contribution in [0.5, 0.6) is 5.75 Å². The number of piperidine rings is 1. The average Bonchev–Trinajstić information content (AvgIpc) is 3.23.